The van der Waals surface area contributed by atoms with Gasteiger partial charge in [-0.1, -0.05) is 44.6 Å². The van der Waals surface area contributed by atoms with E-state index in [-0.39, 0.29) is 5.60 Å². The van der Waals surface area contributed by atoms with Gasteiger partial charge in [-0.2, -0.15) is 0 Å². The maximum Gasteiger partial charge on any atom is 0.0703 e. The fourth-order valence-corrected chi connectivity index (χ4v) is 6.83. The van der Waals surface area contributed by atoms with Crippen molar-refractivity contribution in [2.24, 2.45) is 0 Å². The maximum absolute atomic E-state index is 6.29. The van der Waals surface area contributed by atoms with Gasteiger partial charge in [0.1, 0.15) is 0 Å². The Morgan fingerprint density at radius 3 is 2.57 bits per heavy atom. The molecule has 2 unspecified atom stereocenters. The molecule has 3 heteroatoms. The number of H-pyrrole nitrogens is 1. The van der Waals surface area contributed by atoms with E-state index in [1.165, 1.54) is 90.5 Å². The number of nitrogens with zero attached hydrogens (tertiary/aromatic N) is 1. The summed E-state index contributed by atoms with van der Waals surface area (Å²) >= 11 is 0. The van der Waals surface area contributed by atoms with Crippen LogP contribution in [0.5, 0.6) is 0 Å². The summed E-state index contributed by atoms with van der Waals surface area (Å²) in [7, 11) is 0. The van der Waals surface area contributed by atoms with E-state index >= 15 is 0 Å². The van der Waals surface area contributed by atoms with E-state index in [4.69, 9.17) is 4.74 Å². The van der Waals surface area contributed by atoms with Crippen LogP contribution in [-0.2, 0) is 4.74 Å². The van der Waals surface area contributed by atoms with Crippen molar-refractivity contribution in [2.45, 2.75) is 116 Å². The largest absolute Gasteiger partial charge is 0.372 e. The van der Waals surface area contributed by atoms with E-state index in [0.717, 1.165) is 12.5 Å². The van der Waals surface area contributed by atoms with Gasteiger partial charge in [-0.15, -0.1) is 0 Å². The Morgan fingerprint density at radius 2 is 1.94 bits per heavy atom. The highest BCUT2D eigenvalue weighted by Crippen LogP contribution is 2.49. The summed E-state index contributed by atoms with van der Waals surface area (Å²) in [5.41, 5.74) is 8.53. The second-order valence-corrected chi connectivity index (χ2v) is 12.2. The van der Waals surface area contributed by atoms with Crippen molar-refractivity contribution in [1.29, 1.82) is 0 Å². The molecule has 2 atom stereocenters. The molecule has 2 saturated heterocycles. The smallest absolute Gasteiger partial charge is 0.0703 e. The molecule has 5 rings (SSSR count). The zero-order valence-corrected chi connectivity index (χ0v) is 22.9. The molecule has 2 aromatic rings. The SMILES string of the molecule is CC/C=C(\C=C(C)C)c1[nH]c2ccc(C3CCN(C4CC(C)OC5(CC5)C4)CC3)cc2c1C(C)C. The topological polar surface area (TPSA) is 28.3 Å². The van der Waals surface area contributed by atoms with Crippen molar-refractivity contribution in [1.82, 2.24) is 9.88 Å². The van der Waals surface area contributed by atoms with Crippen LogP contribution in [-0.4, -0.2) is 40.7 Å². The van der Waals surface area contributed by atoms with Crippen LogP contribution < -0.4 is 0 Å². The quantitative estimate of drug-likeness (QED) is 0.426. The summed E-state index contributed by atoms with van der Waals surface area (Å²) in [5, 5.41) is 1.42. The van der Waals surface area contributed by atoms with E-state index in [2.05, 4.69) is 81.8 Å². The third kappa shape index (κ3) is 5.18. The minimum Gasteiger partial charge on any atom is -0.372 e. The highest BCUT2D eigenvalue weighted by molar-refractivity contribution is 5.92. The molecule has 3 nitrogen and oxygen atoms in total. The van der Waals surface area contributed by atoms with E-state index in [1.54, 1.807) is 0 Å². The van der Waals surface area contributed by atoms with Gasteiger partial charge < -0.3 is 14.6 Å². The lowest BCUT2D eigenvalue weighted by Gasteiger charge is -2.43. The van der Waals surface area contributed by atoms with Crippen LogP contribution >= 0.6 is 0 Å². The van der Waals surface area contributed by atoms with E-state index in [9.17, 15) is 0 Å². The number of hydrogen-bond acceptors (Lipinski definition) is 2. The maximum atomic E-state index is 6.29. The Hall–Kier alpha value is -1.84. The van der Waals surface area contributed by atoms with Gasteiger partial charge in [-0.05, 0) is 119 Å². The van der Waals surface area contributed by atoms with Crippen LogP contribution in [0, 0.1) is 0 Å². The molecule has 3 heterocycles. The first-order valence-electron chi connectivity index (χ1n) is 14.2. The summed E-state index contributed by atoms with van der Waals surface area (Å²) in [6.07, 6.45) is 13.7. The summed E-state index contributed by atoms with van der Waals surface area (Å²) in [5.74, 6) is 1.15. The molecule has 0 bridgehead atoms. The van der Waals surface area contributed by atoms with Gasteiger partial charge in [0.15, 0.2) is 0 Å². The van der Waals surface area contributed by atoms with Crippen LogP contribution in [0.4, 0.5) is 0 Å². The zero-order valence-electron chi connectivity index (χ0n) is 22.9. The second kappa shape index (κ2) is 9.90. The molecule has 1 spiro atoms. The number of allylic oxidation sites excluding steroid dienone is 4. The van der Waals surface area contributed by atoms with Gasteiger partial charge in [-0.25, -0.2) is 0 Å². The molecule has 35 heavy (non-hydrogen) atoms. The van der Waals surface area contributed by atoms with E-state index in [1.807, 2.05) is 0 Å². The Bertz CT molecular complexity index is 1100. The van der Waals surface area contributed by atoms with Crippen molar-refractivity contribution in [2.75, 3.05) is 13.1 Å². The number of hydrogen-bond donors (Lipinski definition) is 1. The van der Waals surface area contributed by atoms with Gasteiger partial charge in [0, 0.05) is 22.6 Å². The summed E-state index contributed by atoms with van der Waals surface area (Å²) in [6.45, 7) is 16.0. The third-order valence-electron chi connectivity index (χ3n) is 8.58. The minimum absolute atomic E-state index is 0.250. The Kier molecular flexibility index (Phi) is 7.03. The predicted molar refractivity (Wildman–Crippen MR) is 149 cm³/mol. The standard InChI is InChI=1S/C32H46N2O/c1-7-8-26(17-21(2)3)31-30(22(4)5)28-19-25(9-10-29(28)33-31)24-11-15-34(16-12-24)27-18-23(6)35-32(20-27)13-14-32/h8-10,17,19,22-24,27,33H,7,11-16,18,20H2,1-6H3/b26-8+. The number of fused-ring (bicyclic) bond motifs is 1. The molecule has 1 aromatic heterocycles. The first kappa shape index (κ1) is 24.8. The summed E-state index contributed by atoms with van der Waals surface area (Å²) in [6, 6.07) is 7.98. The van der Waals surface area contributed by atoms with Crippen LogP contribution in [0.25, 0.3) is 16.5 Å². The second-order valence-electron chi connectivity index (χ2n) is 12.2. The van der Waals surface area contributed by atoms with Crippen LogP contribution in [0.1, 0.15) is 115 Å². The van der Waals surface area contributed by atoms with Crippen molar-refractivity contribution in [3.8, 4) is 0 Å². The molecule has 3 aliphatic rings. The number of rotatable bonds is 6. The monoisotopic (exact) mass is 474 g/mol. The first-order chi connectivity index (χ1) is 16.8. The first-order valence-corrected chi connectivity index (χ1v) is 14.2. The van der Waals surface area contributed by atoms with Crippen molar-refractivity contribution in [3.63, 3.8) is 0 Å². The normalized spacial score (nSPS) is 25.5. The average molecular weight is 475 g/mol. The molecule has 1 aliphatic carbocycles. The van der Waals surface area contributed by atoms with Crippen LogP contribution in [0.2, 0.25) is 0 Å². The molecule has 0 amide bonds. The number of nitrogens with one attached hydrogen (secondary N) is 1. The Labute approximate surface area is 213 Å². The van der Waals surface area contributed by atoms with Crippen molar-refractivity contribution >= 4 is 16.5 Å². The fraction of sp³-hybridized carbons (Fsp3) is 0.625. The molecular formula is C32H46N2O. The number of aromatic nitrogens is 1. The fourth-order valence-electron chi connectivity index (χ4n) is 6.83. The lowest BCUT2D eigenvalue weighted by atomic mass is 9.86. The predicted octanol–water partition coefficient (Wildman–Crippen LogP) is 8.33. The van der Waals surface area contributed by atoms with E-state index in [0.29, 0.717) is 17.9 Å². The third-order valence-corrected chi connectivity index (χ3v) is 8.58. The number of benzene rings is 1. The number of likely N-dealkylation sites (tertiary alicyclic amines) is 1. The Balaban J connectivity index is 1.37. The van der Waals surface area contributed by atoms with Gasteiger partial charge in [0.05, 0.1) is 11.7 Å². The zero-order chi connectivity index (χ0) is 24.7. The highest BCUT2D eigenvalue weighted by atomic mass is 16.5. The molecule has 1 N–H and O–H groups in total. The highest BCUT2D eigenvalue weighted by Gasteiger charge is 2.50. The molecular weight excluding hydrogens is 428 g/mol. The van der Waals surface area contributed by atoms with Crippen molar-refractivity contribution < 1.29 is 4.74 Å². The number of piperidine rings is 1. The van der Waals surface area contributed by atoms with Crippen molar-refractivity contribution in [3.05, 3.63) is 52.7 Å². The van der Waals surface area contributed by atoms with Gasteiger partial charge >= 0.3 is 0 Å². The molecule has 190 valence electrons. The van der Waals surface area contributed by atoms with Gasteiger partial charge in [0.2, 0.25) is 0 Å². The lowest BCUT2D eigenvalue weighted by Crippen LogP contribution is -2.48. The summed E-state index contributed by atoms with van der Waals surface area (Å²) < 4.78 is 6.29. The van der Waals surface area contributed by atoms with Gasteiger partial charge in [0.25, 0.3) is 0 Å². The Morgan fingerprint density at radius 1 is 1.20 bits per heavy atom. The van der Waals surface area contributed by atoms with Crippen LogP contribution in [0.15, 0.2) is 35.9 Å². The summed E-state index contributed by atoms with van der Waals surface area (Å²) in [4.78, 5) is 6.60. The lowest BCUT2D eigenvalue weighted by molar-refractivity contribution is -0.0922. The molecule has 2 aliphatic heterocycles. The average Bonchev–Trinajstić information content (AvgIpc) is 3.43. The molecule has 1 saturated carbocycles. The number of ether oxygens (including phenoxy) is 1. The molecule has 0 radical (unpaired) electrons. The van der Waals surface area contributed by atoms with Gasteiger partial charge in [-0.3, -0.25) is 0 Å². The minimum atomic E-state index is 0.250. The molecule has 1 aromatic carbocycles. The molecule has 3 fully saturated rings. The number of aromatic amines is 1. The van der Waals surface area contributed by atoms with E-state index < -0.39 is 0 Å². The van der Waals surface area contributed by atoms with Crippen LogP contribution in [0.3, 0.4) is 0 Å².